The normalized spacial score (nSPS) is 23.5. The fourth-order valence-corrected chi connectivity index (χ4v) is 6.90. The number of Topliss-reactive ketones (excluding diaryl/α,β-unsaturated/α-hetero) is 2. The van der Waals surface area contributed by atoms with Crippen molar-refractivity contribution in [2.75, 3.05) is 0 Å². The molecule has 46 heavy (non-hydrogen) atoms. The summed E-state index contributed by atoms with van der Waals surface area (Å²) in [6.07, 6.45) is -3.59. The van der Waals surface area contributed by atoms with Gasteiger partial charge in [-0.1, -0.05) is 0 Å². The van der Waals surface area contributed by atoms with Crippen LogP contribution in [0.1, 0.15) is 103 Å². The number of allylic oxidation sites excluding steroid dienone is 4. The Labute approximate surface area is 258 Å². The number of ether oxygens (including phenoxy) is 2. The summed E-state index contributed by atoms with van der Waals surface area (Å²) >= 11 is 0. The molecule has 0 radical (unpaired) electrons. The molecular weight excluding hydrogens is 608 g/mol. The Morgan fingerprint density at radius 3 is 1.30 bits per heavy atom. The van der Waals surface area contributed by atoms with Crippen molar-refractivity contribution in [3.63, 3.8) is 0 Å². The minimum absolute atomic E-state index is 0.0309. The highest BCUT2D eigenvalue weighted by Crippen LogP contribution is 2.51. The molecule has 2 aliphatic heterocycles. The van der Waals surface area contributed by atoms with Gasteiger partial charge in [-0.25, -0.2) is 0 Å². The lowest BCUT2D eigenvalue weighted by Gasteiger charge is -2.33. The maximum absolute atomic E-state index is 13.9. The molecule has 14 heteroatoms. The monoisotopic (exact) mass is 634 g/mol. The van der Waals surface area contributed by atoms with E-state index in [2.05, 4.69) is 0 Å². The quantitative estimate of drug-likeness (QED) is 0.259. The summed E-state index contributed by atoms with van der Waals surface area (Å²) in [7, 11) is 0. The Kier molecular flexibility index (Phi) is 7.09. The molecule has 6 N–H and O–H groups in total. The molecule has 0 saturated carbocycles. The summed E-state index contributed by atoms with van der Waals surface area (Å²) < 4.78 is 11.3. The van der Waals surface area contributed by atoms with Crippen molar-refractivity contribution in [2.45, 2.75) is 63.9 Å². The smallest absolute Gasteiger partial charge is 0.305 e. The van der Waals surface area contributed by atoms with Gasteiger partial charge in [0.25, 0.3) is 0 Å². The van der Waals surface area contributed by atoms with Gasteiger partial charge in [-0.2, -0.15) is 0 Å². The van der Waals surface area contributed by atoms with Crippen LogP contribution in [0.25, 0.3) is 0 Å². The predicted molar refractivity (Wildman–Crippen MR) is 152 cm³/mol. The van der Waals surface area contributed by atoms with Crippen LogP contribution in [0.3, 0.4) is 0 Å². The van der Waals surface area contributed by atoms with Gasteiger partial charge >= 0.3 is 11.9 Å². The first-order valence-electron chi connectivity index (χ1n) is 14.2. The molecule has 4 atom stereocenters. The Balaban J connectivity index is 1.44. The second-order valence-electron chi connectivity index (χ2n) is 11.6. The number of phenolic OH excluding ortho intramolecular Hbond substituents is 4. The minimum Gasteiger partial charge on any atom is -0.507 e. The second kappa shape index (κ2) is 10.6. The number of ketones is 4. The number of hydrogen-bond acceptors (Lipinski definition) is 12. The average Bonchev–Trinajstić information content (AvgIpc) is 2.95. The lowest BCUT2D eigenvalue weighted by atomic mass is 9.75. The number of phenols is 4. The van der Waals surface area contributed by atoms with Crippen LogP contribution in [0.15, 0.2) is 23.3 Å². The molecule has 0 unspecified atom stereocenters. The number of fused-ring (bicyclic) bond motifs is 4. The van der Waals surface area contributed by atoms with Gasteiger partial charge in [0.1, 0.15) is 23.0 Å². The third kappa shape index (κ3) is 4.48. The predicted octanol–water partition coefficient (Wildman–Crippen LogP) is 2.77. The molecule has 2 aromatic carbocycles. The maximum atomic E-state index is 13.9. The second-order valence-corrected chi connectivity index (χ2v) is 11.6. The highest BCUT2D eigenvalue weighted by Gasteiger charge is 2.44. The number of carbonyl (C=O) groups excluding carboxylic acids is 4. The largest absolute Gasteiger partial charge is 0.507 e. The Morgan fingerprint density at radius 2 is 0.978 bits per heavy atom. The molecule has 4 aliphatic rings. The van der Waals surface area contributed by atoms with E-state index in [0.29, 0.717) is 12.2 Å². The van der Waals surface area contributed by atoms with Gasteiger partial charge in [0.05, 0.1) is 59.5 Å². The molecular formula is C32H26O14. The van der Waals surface area contributed by atoms with E-state index in [1.807, 2.05) is 0 Å². The van der Waals surface area contributed by atoms with Gasteiger partial charge in [-0.15, -0.1) is 0 Å². The fourth-order valence-electron chi connectivity index (χ4n) is 6.90. The van der Waals surface area contributed by atoms with Gasteiger partial charge < -0.3 is 40.1 Å². The van der Waals surface area contributed by atoms with Crippen LogP contribution < -0.4 is 0 Å². The van der Waals surface area contributed by atoms with Gasteiger partial charge in [-0.3, -0.25) is 28.8 Å². The first kappa shape index (κ1) is 30.7. The summed E-state index contributed by atoms with van der Waals surface area (Å²) in [4.78, 5) is 77.0. The minimum atomic E-state index is -1.17. The Hall–Kier alpha value is -5.34. The molecule has 2 heterocycles. The van der Waals surface area contributed by atoms with E-state index in [1.54, 1.807) is 0 Å². The van der Waals surface area contributed by atoms with Crippen LogP contribution in [-0.4, -0.2) is 77.9 Å². The molecule has 0 amide bonds. The van der Waals surface area contributed by atoms with Crippen molar-refractivity contribution >= 4 is 35.1 Å². The summed E-state index contributed by atoms with van der Waals surface area (Å²) in [6.45, 7) is 2.91. The van der Waals surface area contributed by atoms with E-state index >= 15 is 0 Å². The van der Waals surface area contributed by atoms with Crippen molar-refractivity contribution < 1.29 is 68.9 Å². The molecule has 0 saturated heterocycles. The highest BCUT2D eigenvalue weighted by atomic mass is 16.5. The molecule has 238 valence electrons. The zero-order valence-electron chi connectivity index (χ0n) is 24.2. The van der Waals surface area contributed by atoms with E-state index in [-0.39, 0.29) is 35.1 Å². The lowest BCUT2D eigenvalue weighted by molar-refractivity contribution is -0.143. The van der Waals surface area contributed by atoms with E-state index in [4.69, 9.17) is 9.47 Å². The number of rotatable bonds is 5. The van der Waals surface area contributed by atoms with Gasteiger partial charge in [-0.05, 0) is 26.0 Å². The number of carboxylic acids is 2. The first-order valence-corrected chi connectivity index (χ1v) is 14.2. The summed E-state index contributed by atoms with van der Waals surface area (Å²) in [5.41, 5.74) is -3.71. The van der Waals surface area contributed by atoms with Crippen LogP contribution in [0, 0.1) is 0 Å². The lowest BCUT2D eigenvalue weighted by Crippen LogP contribution is -2.31. The molecule has 2 aromatic rings. The summed E-state index contributed by atoms with van der Waals surface area (Å²) in [6, 6.07) is 0. The van der Waals surface area contributed by atoms with Crippen molar-refractivity contribution in [1.82, 2.24) is 0 Å². The topological polar surface area (TPSA) is 242 Å². The van der Waals surface area contributed by atoms with Crippen molar-refractivity contribution in [3.05, 3.63) is 67.8 Å². The molecule has 0 aromatic heterocycles. The zero-order chi connectivity index (χ0) is 33.5. The zero-order valence-corrected chi connectivity index (χ0v) is 24.2. The van der Waals surface area contributed by atoms with E-state index in [0.717, 1.165) is 0 Å². The fraction of sp³-hybridized carbons (Fsp3) is 0.312. The van der Waals surface area contributed by atoms with E-state index in [1.165, 1.54) is 13.8 Å². The van der Waals surface area contributed by atoms with E-state index in [9.17, 15) is 59.4 Å². The number of aliphatic carboxylic acids is 2. The number of hydrogen-bond donors (Lipinski definition) is 6. The maximum Gasteiger partial charge on any atom is 0.305 e. The number of carbonyl (C=O) groups is 6. The molecule has 6 rings (SSSR count). The Morgan fingerprint density at radius 1 is 0.630 bits per heavy atom. The van der Waals surface area contributed by atoms with Crippen LogP contribution >= 0.6 is 0 Å². The average molecular weight is 635 g/mol. The molecule has 14 nitrogen and oxygen atoms in total. The van der Waals surface area contributed by atoms with Crippen molar-refractivity contribution in [1.29, 1.82) is 0 Å². The number of benzene rings is 2. The van der Waals surface area contributed by atoms with E-state index < -0.39 is 129 Å². The van der Waals surface area contributed by atoms with Gasteiger partial charge in [0, 0.05) is 46.2 Å². The Bertz CT molecular complexity index is 1770. The molecule has 0 spiro atoms. The third-order valence-electron chi connectivity index (χ3n) is 8.73. The van der Waals surface area contributed by atoms with Gasteiger partial charge in [0.15, 0.2) is 23.1 Å². The van der Waals surface area contributed by atoms with Crippen LogP contribution in [0.4, 0.5) is 0 Å². The van der Waals surface area contributed by atoms with Crippen molar-refractivity contribution in [3.8, 4) is 23.0 Å². The van der Waals surface area contributed by atoms with Crippen molar-refractivity contribution in [2.24, 2.45) is 0 Å². The van der Waals surface area contributed by atoms with Gasteiger partial charge in [0.2, 0.25) is 0 Å². The van der Waals surface area contributed by atoms with Crippen LogP contribution in [-0.2, 0) is 31.9 Å². The SMILES string of the molecule is C[C@H]1O[C@H](CC(=O)O)Cc2c(O)c3c(c(O)c21)C(=O)C(C1=CC(=O)c2c(O)c4c(c(O)c2C1=O)[C@@H](C)O[C@H](CC(=O)O)C4)=CC3=O. The molecule has 2 aliphatic carbocycles. The highest BCUT2D eigenvalue weighted by molar-refractivity contribution is 6.36. The number of carboxylic acid groups (broad SMARTS) is 2. The first-order chi connectivity index (χ1) is 21.6. The summed E-state index contributed by atoms with van der Waals surface area (Å²) in [5.74, 6) is -9.30. The van der Waals surface area contributed by atoms with Crippen LogP contribution in [0.5, 0.6) is 23.0 Å². The third-order valence-corrected chi connectivity index (χ3v) is 8.73. The molecule has 0 bridgehead atoms. The van der Waals surface area contributed by atoms with Crippen LogP contribution in [0.2, 0.25) is 0 Å². The summed E-state index contributed by atoms with van der Waals surface area (Å²) in [5, 5.41) is 63.0. The number of aromatic hydroxyl groups is 4. The standard InChI is InChI=1S/C32H26O14/c1-9-21-15(3-11(45-9)5-19(35)36)29(41)23-17(33)7-13(27(39)25(23)31(21)43)14-8-18(34)24-26(28(14)40)32(44)22-10(2)46-12(6-20(37)38)4-16(22)30(24)42/h7-12,41-44H,3-6H2,1-2H3,(H,35,36)(H,37,38)/t9-,10-,11+,12+/m1/s1. The molecule has 0 fully saturated rings.